The Labute approximate surface area is 159 Å². The first-order valence-electron chi connectivity index (χ1n) is 9.13. The van der Waals surface area contributed by atoms with Gasteiger partial charge in [0, 0.05) is 18.5 Å². The quantitative estimate of drug-likeness (QED) is 0.742. The predicted octanol–water partition coefficient (Wildman–Crippen LogP) is 3.08. The van der Waals surface area contributed by atoms with Crippen LogP contribution in [0.15, 0.2) is 34.9 Å². The number of nitrogens with one attached hydrogen (secondary N) is 2. The van der Waals surface area contributed by atoms with Crippen molar-refractivity contribution < 1.29 is 18.7 Å². The van der Waals surface area contributed by atoms with Crippen LogP contribution in [0.2, 0.25) is 0 Å². The number of oxazole rings is 1. The van der Waals surface area contributed by atoms with E-state index in [0.717, 1.165) is 11.3 Å². The fourth-order valence-corrected chi connectivity index (χ4v) is 2.51. The minimum absolute atomic E-state index is 0.0606. The van der Waals surface area contributed by atoms with Gasteiger partial charge in [0.25, 0.3) is 0 Å². The van der Waals surface area contributed by atoms with Crippen molar-refractivity contribution in [1.29, 1.82) is 0 Å². The summed E-state index contributed by atoms with van der Waals surface area (Å²) < 4.78 is 10.4. The van der Waals surface area contributed by atoms with E-state index < -0.39 is 12.1 Å². The molecule has 7 nitrogen and oxygen atoms in total. The van der Waals surface area contributed by atoms with Gasteiger partial charge in [-0.1, -0.05) is 31.5 Å². The molecule has 1 aromatic carbocycles. The molecule has 2 rings (SSSR count). The molecule has 2 amide bonds. The average Bonchev–Trinajstić information content (AvgIpc) is 3.09. The third-order valence-electron chi connectivity index (χ3n) is 4.03. The largest absolute Gasteiger partial charge is 0.450 e. The van der Waals surface area contributed by atoms with Gasteiger partial charge in [0.2, 0.25) is 11.8 Å². The monoisotopic (exact) mass is 373 g/mol. The highest BCUT2D eigenvalue weighted by Crippen LogP contribution is 2.19. The topological polar surface area (TPSA) is 93.5 Å². The zero-order valence-corrected chi connectivity index (χ0v) is 16.2. The van der Waals surface area contributed by atoms with Gasteiger partial charge in [-0.05, 0) is 31.9 Å². The summed E-state index contributed by atoms with van der Waals surface area (Å²) in [5.41, 5.74) is 2.84. The molecule has 0 spiro atoms. The molecule has 2 N–H and O–H groups in total. The molecule has 0 bridgehead atoms. The van der Waals surface area contributed by atoms with E-state index in [9.17, 15) is 9.59 Å². The van der Waals surface area contributed by atoms with Gasteiger partial charge in [-0.15, -0.1) is 0 Å². The van der Waals surface area contributed by atoms with Crippen molar-refractivity contribution in [2.24, 2.45) is 5.92 Å². The van der Waals surface area contributed by atoms with Gasteiger partial charge in [0.15, 0.2) is 0 Å². The second kappa shape index (κ2) is 9.75. The van der Waals surface area contributed by atoms with Crippen molar-refractivity contribution in [2.45, 2.75) is 40.2 Å². The normalized spacial score (nSPS) is 11.9. The predicted molar refractivity (Wildman–Crippen MR) is 102 cm³/mol. The highest BCUT2D eigenvalue weighted by atomic mass is 16.5. The molecular weight excluding hydrogens is 346 g/mol. The molecule has 146 valence electrons. The van der Waals surface area contributed by atoms with E-state index in [4.69, 9.17) is 9.15 Å². The number of nitrogens with zero attached hydrogens (tertiary/aromatic N) is 1. The number of aromatic nitrogens is 1. The van der Waals surface area contributed by atoms with Gasteiger partial charge in [-0.25, -0.2) is 9.78 Å². The molecule has 1 aromatic heterocycles. The van der Waals surface area contributed by atoms with E-state index in [1.165, 1.54) is 5.56 Å². The maximum Gasteiger partial charge on any atom is 0.407 e. The lowest BCUT2D eigenvalue weighted by atomic mass is 10.0. The minimum Gasteiger partial charge on any atom is -0.450 e. The number of alkyl carbamates (subject to hydrolysis) is 1. The van der Waals surface area contributed by atoms with E-state index >= 15 is 0 Å². The Bertz CT molecular complexity index is 753. The van der Waals surface area contributed by atoms with Crippen LogP contribution >= 0.6 is 0 Å². The number of hydrogen-bond acceptors (Lipinski definition) is 5. The van der Waals surface area contributed by atoms with Crippen LogP contribution in [0.4, 0.5) is 4.79 Å². The van der Waals surface area contributed by atoms with Gasteiger partial charge in [0.05, 0.1) is 12.3 Å². The molecule has 0 saturated heterocycles. The summed E-state index contributed by atoms with van der Waals surface area (Å²) in [7, 11) is 0. The standard InChI is InChI=1S/C20H27N3O4/c1-5-26-20(25)23-17(13(2)3)18(24)21-11-10-16-12-27-19(22-16)15-8-6-14(4)7-9-15/h6-9,12-13,17H,5,10-11H2,1-4H3,(H,21,24)(H,23,25). The van der Waals surface area contributed by atoms with Crippen molar-refractivity contribution in [2.75, 3.05) is 13.2 Å². The van der Waals surface area contributed by atoms with Crippen molar-refractivity contribution in [3.05, 3.63) is 41.8 Å². The molecule has 0 saturated carbocycles. The van der Waals surface area contributed by atoms with Crippen molar-refractivity contribution in [1.82, 2.24) is 15.6 Å². The summed E-state index contributed by atoms with van der Waals surface area (Å²) >= 11 is 0. The zero-order chi connectivity index (χ0) is 19.8. The molecule has 1 atom stereocenters. The fraction of sp³-hybridized carbons (Fsp3) is 0.450. The van der Waals surface area contributed by atoms with Crippen LogP contribution in [0.1, 0.15) is 32.0 Å². The maximum atomic E-state index is 12.3. The Morgan fingerprint density at radius 3 is 2.56 bits per heavy atom. The lowest BCUT2D eigenvalue weighted by Crippen LogP contribution is -2.50. The molecule has 0 radical (unpaired) electrons. The minimum atomic E-state index is -0.649. The molecular formula is C20H27N3O4. The van der Waals surface area contributed by atoms with Crippen LogP contribution in [0.3, 0.4) is 0 Å². The van der Waals surface area contributed by atoms with Gasteiger partial charge in [-0.3, -0.25) is 4.79 Å². The lowest BCUT2D eigenvalue weighted by molar-refractivity contribution is -0.124. The van der Waals surface area contributed by atoms with Crippen LogP contribution < -0.4 is 10.6 Å². The van der Waals surface area contributed by atoms with Crippen LogP contribution in [0.5, 0.6) is 0 Å². The molecule has 1 unspecified atom stereocenters. The molecule has 27 heavy (non-hydrogen) atoms. The summed E-state index contributed by atoms with van der Waals surface area (Å²) in [5, 5.41) is 5.41. The number of benzene rings is 1. The molecule has 0 aliphatic carbocycles. The Morgan fingerprint density at radius 2 is 1.93 bits per heavy atom. The Hall–Kier alpha value is -2.83. The molecule has 0 aliphatic heterocycles. The Kier molecular flexibility index (Phi) is 7.40. The van der Waals surface area contributed by atoms with Crippen molar-refractivity contribution in [3.8, 4) is 11.5 Å². The zero-order valence-electron chi connectivity index (χ0n) is 16.2. The summed E-state index contributed by atoms with van der Waals surface area (Å²) in [6.07, 6.45) is 1.54. The first-order valence-corrected chi connectivity index (χ1v) is 9.13. The first kappa shape index (κ1) is 20.5. The molecule has 1 heterocycles. The third-order valence-corrected chi connectivity index (χ3v) is 4.03. The molecule has 0 aliphatic rings. The fourth-order valence-electron chi connectivity index (χ4n) is 2.51. The highest BCUT2D eigenvalue weighted by Gasteiger charge is 2.24. The second-order valence-electron chi connectivity index (χ2n) is 6.64. The molecule has 2 aromatic rings. The summed E-state index contributed by atoms with van der Waals surface area (Å²) in [6, 6.07) is 7.27. The number of hydrogen-bond donors (Lipinski definition) is 2. The number of aryl methyl sites for hydroxylation is 1. The van der Waals surface area contributed by atoms with E-state index in [0.29, 0.717) is 18.9 Å². The Morgan fingerprint density at radius 1 is 1.22 bits per heavy atom. The van der Waals surface area contributed by atoms with Crippen LogP contribution in [0.25, 0.3) is 11.5 Å². The molecule has 7 heteroatoms. The number of ether oxygens (including phenoxy) is 1. The number of carbonyl (C=O) groups is 2. The number of carbonyl (C=O) groups excluding carboxylic acids is 2. The SMILES string of the molecule is CCOC(=O)NC(C(=O)NCCc1coc(-c2ccc(C)cc2)n1)C(C)C. The third kappa shape index (κ3) is 6.13. The first-order chi connectivity index (χ1) is 12.9. The summed E-state index contributed by atoms with van der Waals surface area (Å²) in [6.45, 7) is 8.12. The van der Waals surface area contributed by atoms with Gasteiger partial charge in [0.1, 0.15) is 12.3 Å². The number of amides is 2. The van der Waals surface area contributed by atoms with Crippen molar-refractivity contribution >= 4 is 12.0 Å². The second-order valence-corrected chi connectivity index (χ2v) is 6.64. The lowest BCUT2D eigenvalue weighted by Gasteiger charge is -2.21. The van der Waals surface area contributed by atoms with Crippen LogP contribution in [-0.4, -0.2) is 36.2 Å². The molecule has 0 fully saturated rings. The average molecular weight is 373 g/mol. The van der Waals surface area contributed by atoms with E-state index in [1.54, 1.807) is 13.2 Å². The van der Waals surface area contributed by atoms with E-state index in [1.807, 2.05) is 45.0 Å². The van der Waals surface area contributed by atoms with Gasteiger partial charge >= 0.3 is 6.09 Å². The van der Waals surface area contributed by atoms with Crippen molar-refractivity contribution in [3.63, 3.8) is 0 Å². The van der Waals surface area contributed by atoms with E-state index in [-0.39, 0.29) is 18.4 Å². The van der Waals surface area contributed by atoms with E-state index in [2.05, 4.69) is 15.6 Å². The van der Waals surface area contributed by atoms with Gasteiger partial charge < -0.3 is 19.8 Å². The highest BCUT2D eigenvalue weighted by molar-refractivity contribution is 5.85. The number of rotatable bonds is 8. The smallest absolute Gasteiger partial charge is 0.407 e. The Balaban J connectivity index is 1.86. The van der Waals surface area contributed by atoms with Crippen LogP contribution in [-0.2, 0) is 16.0 Å². The summed E-state index contributed by atoms with van der Waals surface area (Å²) in [4.78, 5) is 28.4. The summed E-state index contributed by atoms with van der Waals surface area (Å²) in [5.74, 6) is 0.246. The van der Waals surface area contributed by atoms with Crippen LogP contribution in [0, 0.1) is 12.8 Å². The maximum absolute atomic E-state index is 12.3. The van der Waals surface area contributed by atoms with Gasteiger partial charge in [-0.2, -0.15) is 0 Å².